The second-order valence-corrected chi connectivity index (χ2v) is 4.86. The molecular formula is C9H16N2OS. The zero-order chi connectivity index (χ0) is 9.10. The van der Waals surface area contributed by atoms with Gasteiger partial charge in [0.1, 0.15) is 0 Å². The van der Waals surface area contributed by atoms with Gasteiger partial charge in [0.2, 0.25) is 0 Å². The van der Waals surface area contributed by atoms with Crippen molar-refractivity contribution in [1.29, 1.82) is 0 Å². The summed E-state index contributed by atoms with van der Waals surface area (Å²) in [5.41, 5.74) is 0. The summed E-state index contributed by atoms with van der Waals surface area (Å²) in [7, 11) is 0. The van der Waals surface area contributed by atoms with Crippen molar-refractivity contribution in [3.05, 3.63) is 0 Å². The maximum Gasteiger partial charge on any atom is 0.159 e. The Hall–Kier alpha value is -0.220. The minimum Gasteiger partial charge on any atom is -0.395 e. The Kier molecular flexibility index (Phi) is 3.11. The van der Waals surface area contributed by atoms with Crippen LogP contribution in [0, 0.1) is 0 Å². The Morgan fingerprint density at radius 3 is 2.77 bits per heavy atom. The van der Waals surface area contributed by atoms with Crippen LogP contribution in [0.2, 0.25) is 0 Å². The van der Waals surface area contributed by atoms with Crippen LogP contribution in [0.1, 0.15) is 19.3 Å². The summed E-state index contributed by atoms with van der Waals surface area (Å²) < 4.78 is 0. The number of amidine groups is 1. The molecule has 0 aromatic carbocycles. The number of likely N-dealkylation sites (tertiary alicyclic amines) is 1. The molecule has 0 saturated carbocycles. The molecule has 4 heteroatoms. The van der Waals surface area contributed by atoms with E-state index in [4.69, 9.17) is 5.11 Å². The van der Waals surface area contributed by atoms with E-state index in [-0.39, 0.29) is 6.61 Å². The number of hydrogen-bond acceptors (Lipinski definition) is 4. The van der Waals surface area contributed by atoms with Gasteiger partial charge in [-0.2, -0.15) is 0 Å². The highest BCUT2D eigenvalue weighted by molar-refractivity contribution is 8.14. The lowest BCUT2D eigenvalue weighted by atomic mass is 10.1. The first kappa shape index (κ1) is 9.34. The molecule has 0 aliphatic carbocycles. The average Bonchev–Trinajstić information content (AvgIpc) is 2.67. The molecule has 1 N–H and O–H groups in total. The van der Waals surface area contributed by atoms with Gasteiger partial charge in [-0.15, -0.1) is 0 Å². The fourth-order valence-corrected chi connectivity index (χ4v) is 2.76. The summed E-state index contributed by atoms with van der Waals surface area (Å²) in [6.45, 7) is 3.37. The van der Waals surface area contributed by atoms with E-state index in [1.54, 1.807) is 11.8 Å². The molecule has 2 aliphatic rings. The van der Waals surface area contributed by atoms with Crippen molar-refractivity contribution in [2.45, 2.75) is 24.5 Å². The van der Waals surface area contributed by atoms with E-state index < -0.39 is 0 Å². The Morgan fingerprint density at radius 1 is 1.38 bits per heavy atom. The van der Waals surface area contributed by atoms with Crippen molar-refractivity contribution in [1.82, 2.24) is 4.90 Å². The molecule has 0 bridgehead atoms. The molecule has 2 heterocycles. The van der Waals surface area contributed by atoms with E-state index in [1.165, 1.54) is 24.4 Å². The van der Waals surface area contributed by atoms with Crippen molar-refractivity contribution in [3.63, 3.8) is 0 Å². The molecule has 13 heavy (non-hydrogen) atoms. The van der Waals surface area contributed by atoms with E-state index >= 15 is 0 Å². The molecule has 74 valence electrons. The highest BCUT2D eigenvalue weighted by atomic mass is 32.2. The summed E-state index contributed by atoms with van der Waals surface area (Å²) >= 11 is 1.74. The zero-order valence-corrected chi connectivity index (χ0v) is 8.59. The Morgan fingerprint density at radius 2 is 2.15 bits per heavy atom. The molecule has 1 unspecified atom stereocenters. The molecule has 1 atom stereocenters. The van der Waals surface area contributed by atoms with Gasteiger partial charge < -0.3 is 10.0 Å². The van der Waals surface area contributed by atoms with Gasteiger partial charge in [0.25, 0.3) is 0 Å². The Bertz CT molecular complexity index is 202. The molecule has 0 amide bonds. The number of rotatable bonds is 1. The average molecular weight is 200 g/mol. The minimum atomic E-state index is 0.255. The number of thioether (sulfide) groups is 1. The molecular weight excluding hydrogens is 184 g/mol. The van der Waals surface area contributed by atoms with Crippen molar-refractivity contribution in [3.8, 4) is 0 Å². The van der Waals surface area contributed by atoms with Crippen LogP contribution in [-0.4, -0.2) is 46.7 Å². The zero-order valence-electron chi connectivity index (χ0n) is 7.78. The second-order valence-electron chi connectivity index (χ2n) is 3.59. The third kappa shape index (κ3) is 2.17. The van der Waals surface area contributed by atoms with E-state index in [0.717, 1.165) is 19.6 Å². The lowest BCUT2D eigenvalue weighted by molar-refractivity contribution is 0.297. The van der Waals surface area contributed by atoms with Gasteiger partial charge in [0.15, 0.2) is 5.17 Å². The fourth-order valence-electron chi connectivity index (χ4n) is 1.76. The maximum absolute atomic E-state index is 8.97. The Labute approximate surface area is 83.2 Å². The topological polar surface area (TPSA) is 35.8 Å². The van der Waals surface area contributed by atoms with E-state index in [0.29, 0.717) is 5.25 Å². The summed E-state index contributed by atoms with van der Waals surface area (Å²) in [6, 6.07) is 0. The first-order valence-corrected chi connectivity index (χ1v) is 5.85. The highest BCUT2D eigenvalue weighted by Crippen LogP contribution is 2.25. The van der Waals surface area contributed by atoms with Crippen molar-refractivity contribution in [2.24, 2.45) is 4.99 Å². The smallest absolute Gasteiger partial charge is 0.159 e. The lowest BCUT2D eigenvalue weighted by Gasteiger charge is -2.27. The van der Waals surface area contributed by atoms with Gasteiger partial charge in [-0.3, -0.25) is 4.99 Å². The molecule has 0 aromatic heterocycles. The predicted octanol–water partition coefficient (Wildman–Crippen LogP) is 0.936. The predicted molar refractivity (Wildman–Crippen MR) is 56.2 cm³/mol. The van der Waals surface area contributed by atoms with Gasteiger partial charge in [-0.25, -0.2) is 0 Å². The first-order valence-electron chi connectivity index (χ1n) is 4.97. The van der Waals surface area contributed by atoms with E-state index in [2.05, 4.69) is 9.89 Å². The SMILES string of the molecule is OCC1CN=C(N2CCCCC2)S1. The van der Waals surface area contributed by atoms with Crippen LogP contribution in [0.4, 0.5) is 0 Å². The van der Waals surface area contributed by atoms with Crippen LogP contribution in [0.15, 0.2) is 4.99 Å². The van der Waals surface area contributed by atoms with Gasteiger partial charge in [0, 0.05) is 13.1 Å². The molecule has 0 spiro atoms. The minimum absolute atomic E-state index is 0.255. The Balaban J connectivity index is 1.87. The molecule has 3 nitrogen and oxygen atoms in total. The van der Waals surface area contributed by atoms with E-state index in [1.807, 2.05) is 0 Å². The monoisotopic (exact) mass is 200 g/mol. The summed E-state index contributed by atoms with van der Waals surface area (Å²) in [6.07, 6.45) is 3.95. The number of aliphatic hydroxyl groups excluding tert-OH is 1. The molecule has 2 aliphatic heterocycles. The highest BCUT2D eigenvalue weighted by Gasteiger charge is 2.23. The largest absolute Gasteiger partial charge is 0.395 e. The summed E-state index contributed by atoms with van der Waals surface area (Å²) in [4.78, 5) is 6.82. The quantitative estimate of drug-likeness (QED) is 0.684. The first-order chi connectivity index (χ1) is 6.40. The standard InChI is InChI=1S/C9H16N2OS/c12-7-8-6-10-9(13-8)11-4-2-1-3-5-11/h8,12H,1-7H2. The van der Waals surface area contributed by atoms with Crippen molar-refractivity contribution >= 4 is 16.9 Å². The van der Waals surface area contributed by atoms with Gasteiger partial charge in [-0.1, -0.05) is 11.8 Å². The number of aliphatic imine (C=N–C) groups is 1. The van der Waals surface area contributed by atoms with Crippen LogP contribution >= 0.6 is 11.8 Å². The normalized spacial score (nSPS) is 29.2. The molecule has 0 aromatic rings. The van der Waals surface area contributed by atoms with Gasteiger partial charge >= 0.3 is 0 Å². The van der Waals surface area contributed by atoms with Crippen LogP contribution in [0.25, 0.3) is 0 Å². The van der Waals surface area contributed by atoms with Crippen molar-refractivity contribution in [2.75, 3.05) is 26.2 Å². The van der Waals surface area contributed by atoms with Crippen LogP contribution in [0.5, 0.6) is 0 Å². The van der Waals surface area contributed by atoms with Crippen LogP contribution < -0.4 is 0 Å². The lowest BCUT2D eigenvalue weighted by Crippen LogP contribution is -2.33. The van der Waals surface area contributed by atoms with Crippen LogP contribution in [0.3, 0.4) is 0 Å². The molecule has 0 radical (unpaired) electrons. The number of piperidine rings is 1. The summed E-state index contributed by atoms with van der Waals surface area (Å²) in [5, 5.41) is 10.5. The van der Waals surface area contributed by atoms with Gasteiger partial charge in [0.05, 0.1) is 18.4 Å². The fraction of sp³-hybridized carbons (Fsp3) is 0.889. The maximum atomic E-state index is 8.97. The third-order valence-electron chi connectivity index (χ3n) is 2.53. The molecule has 1 saturated heterocycles. The van der Waals surface area contributed by atoms with Gasteiger partial charge in [-0.05, 0) is 19.3 Å². The second kappa shape index (κ2) is 4.33. The van der Waals surface area contributed by atoms with Crippen molar-refractivity contribution < 1.29 is 5.11 Å². The van der Waals surface area contributed by atoms with Crippen LogP contribution in [-0.2, 0) is 0 Å². The third-order valence-corrected chi connectivity index (χ3v) is 3.76. The van der Waals surface area contributed by atoms with E-state index in [9.17, 15) is 0 Å². The number of hydrogen-bond donors (Lipinski definition) is 1. The molecule has 1 fully saturated rings. The number of aliphatic hydroxyl groups is 1. The summed E-state index contributed by atoms with van der Waals surface area (Å²) in [5.74, 6) is 0. The molecule has 2 rings (SSSR count). The number of nitrogens with zero attached hydrogens (tertiary/aromatic N) is 2.